The summed E-state index contributed by atoms with van der Waals surface area (Å²) in [7, 11) is 0. The molecule has 4 nitrogen and oxygen atoms in total. The van der Waals surface area contributed by atoms with Crippen molar-refractivity contribution in [1.82, 2.24) is 9.97 Å². The second-order valence-corrected chi connectivity index (χ2v) is 6.62. The first-order valence-electron chi connectivity index (χ1n) is 5.91. The van der Waals surface area contributed by atoms with Gasteiger partial charge in [-0.1, -0.05) is 37.6 Å². The molecule has 2 rings (SSSR count). The van der Waals surface area contributed by atoms with E-state index in [-0.39, 0.29) is 16.1 Å². The van der Waals surface area contributed by atoms with E-state index in [9.17, 15) is 5.21 Å². The predicted octanol–water partition coefficient (Wildman–Crippen LogP) is 4.81. The van der Waals surface area contributed by atoms with E-state index in [0.29, 0.717) is 10.9 Å². The molecule has 2 aromatic rings. The van der Waals surface area contributed by atoms with Crippen LogP contribution in [0.3, 0.4) is 0 Å². The molecule has 7 heteroatoms. The molecule has 0 radical (unpaired) electrons. The molecule has 0 atom stereocenters. The largest absolute Gasteiger partial charge is 0.282 e. The second-order valence-electron chi connectivity index (χ2n) is 4.26. The fourth-order valence-corrected chi connectivity index (χ4v) is 2.83. The van der Waals surface area contributed by atoms with E-state index in [0.717, 1.165) is 9.96 Å². The zero-order valence-electron chi connectivity index (χ0n) is 10.9. The van der Waals surface area contributed by atoms with E-state index >= 15 is 0 Å². The van der Waals surface area contributed by atoms with Crippen LogP contribution in [0.25, 0.3) is 0 Å². The van der Waals surface area contributed by atoms with Crippen molar-refractivity contribution in [1.29, 1.82) is 0 Å². The third-order valence-electron chi connectivity index (χ3n) is 2.35. The van der Waals surface area contributed by atoms with Crippen LogP contribution in [0.1, 0.15) is 13.8 Å². The zero-order valence-corrected chi connectivity index (χ0v) is 13.2. The van der Waals surface area contributed by atoms with Crippen LogP contribution in [-0.4, -0.2) is 20.4 Å². The minimum atomic E-state index is 0.0254. The summed E-state index contributed by atoms with van der Waals surface area (Å²) in [6, 6.07) is 7.47. The molecule has 0 aliphatic carbocycles. The number of anilines is 2. The lowest BCUT2D eigenvalue weighted by molar-refractivity contribution is 0.295. The quantitative estimate of drug-likeness (QED) is 0.495. The van der Waals surface area contributed by atoms with Crippen molar-refractivity contribution >= 4 is 46.5 Å². The van der Waals surface area contributed by atoms with Gasteiger partial charge in [0.1, 0.15) is 5.02 Å². The Morgan fingerprint density at radius 1 is 1.25 bits per heavy atom. The van der Waals surface area contributed by atoms with E-state index in [1.807, 2.05) is 18.2 Å². The van der Waals surface area contributed by atoms with Crippen LogP contribution < -0.4 is 5.06 Å². The van der Waals surface area contributed by atoms with Gasteiger partial charge < -0.3 is 0 Å². The summed E-state index contributed by atoms with van der Waals surface area (Å²) in [5.41, 5.74) is 0.600. The van der Waals surface area contributed by atoms with Crippen molar-refractivity contribution in [2.75, 3.05) is 5.06 Å². The third-order valence-corrected chi connectivity index (χ3v) is 3.87. The summed E-state index contributed by atoms with van der Waals surface area (Å²) in [6.07, 6.45) is 1.35. The number of benzene rings is 1. The highest BCUT2D eigenvalue weighted by molar-refractivity contribution is 8.00. The SMILES string of the molecule is CC(C)Sc1ccccc1N(O)c1nc(Cl)ncc1Cl. The first kappa shape index (κ1) is 15.4. The van der Waals surface area contributed by atoms with Crippen molar-refractivity contribution in [3.8, 4) is 0 Å². The van der Waals surface area contributed by atoms with Gasteiger partial charge in [0.05, 0.1) is 11.9 Å². The molecule has 20 heavy (non-hydrogen) atoms. The number of hydrogen-bond donors (Lipinski definition) is 1. The Bertz CT molecular complexity index is 610. The van der Waals surface area contributed by atoms with Gasteiger partial charge in [-0.3, -0.25) is 5.21 Å². The number of thioether (sulfide) groups is 1. The van der Waals surface area contributed by atoms with Crippen molar-refractivity contribution in [2.45, 2.75) is 24.0 Å². The van der Waals surface area contributed by atoms with Crippen molar-refractivity contribution in [3.05, 3.63) is 40.8 Å². The minimum Gasteiger partial charge on any atom is -0.282 e. The number of nitrogens with zero attached hydrogens (tertiary/aromatic N) is 3. The van der Waals surface area contributed by atoms with E-state index in [1.165, 1.54) is 6.20 Å². The van der Waals surface area contributed by atoms with Gasteiger partial charge in [-0.15, -0.1) is 11.8 Å². The number of hydrogen-bond acceptors (Lipinski definition) is 5. The standard InChI is InChI=1S/C13H13Cl2N3OS/c1-8(2)20-11-6-4-3-5-10(11)18(19)12-9(14)7-16-13(15)17-12/h3-8,19H,1-2H3. The summed E-state index contributed by atoms with van der Waals surface area (Å²) < 4.78 is 0. The topological polar surface area (TPSA) is 49.2 Å². The molecule has 0 aliphatic rings. The Morgan fingerprint density at radius 3 is 2.65 bits per heavy atom. The molecule has 0 fully saturated rings. The lowest BCUT2D eigenvalue weighted by atomic mass is 10.3. The highest BCUT2D eigenvalue weighted by atomic mass is 35.5. The predicted molar refractivity (Wildman–Crippen MR) is 83.4 cm³/mol. The molecule has 1 aromatic carbocycles. The molecule has 0 saturated heterocycles. The monoisotopic (exact) mass is 329 g/mol. The van der Waals surface area contributed by atoms with Gasteiger partial charge in [-0.05, 0) is 23.7 Å². The van der Waals surface area contributed by atoms with E-state index in [4.69, 9.17) is 23.2 Å². The average Bonchev–Trinajstić information content (AvgIpc) is 2.41. The van der Waals surface area contributed by atoms with Gasteiger partial charge in [0, 0.05) is 10.1 Å². The molecule has 1 aromatic heterocycles. The van der Waals surface area contributed by atoms with Gasteiger partial charge in [0.25, 0.3) is 0 Å². The van der Waals surface area contributed by atoms with Crippen LogP contribution in [0.5, 0.6) is 0 Å². The Labute approximate surface area is 131 Å². The van der Waals surface area contributed by atoms with Crippen molar-refractivity contribution in [2.24, 2.45) is 0 Å². The third kappa shape index (κ3) is 3.55. The normalized spacial score (nSPS) is 10.9. The Balaban J connectivity index is 2.42. The summed E-state index contributed by atoms with van der Waals surface area (Å²) in [5, 5.41) is 11.9. The maximum Gasteiger partial charge on any atom is 0.224 e. The Kier molecular flexibility index (Phi) is 5.10. The van der Waals surface area contributed by atoms with Crippen LogP contribution in [0.2, 0.25) is 10.3 Å². The second kappa shape index (κ2) is 6.63. The first-order valence-corrected chi connectivity index (χ1v) is 7.55. The van der Waals surface area contributed by atoms with E-state index < -0.39 is 0 Å². The zero-order chi connectivity index (χ0) is 14.7. The van der Waals surface area contributed by atoms with Crippen molar-refractivity contribution < 1.29 is 5.21 Å². The maximum atomic E-state index is 10.4. The molecule has 1 heterocycles. The van der Waals surface area contributed by atoms with Crippen LogP contribution >= 0.6 is 35.0 Å². The van der Waals surface area contributed by atoms with Crippen molar-refractivity contribution in [3.63, 3.8) is 0 Å². The smallest absolute Gasteiger partial charge is 0.224 e. The number of rotatable bonds is 4. The average molecular weight is 330 g/mol. The lowest BCUT2D eigenvalue weighted by Crippen LogP contribution is -2.14. The van der Waals surface area contributed by atoms with Crippen LogP contribution in [0.15, 0.2) is 35.4 Å². The van der Waals surface area contributed by atoms with Crippen LogP contribution in [0, 0.1) is 0 Å². The first-order chi connectivity index (χ1) is 9.49. The number of aromatic nitrogens is 2. The molecule has 0 amide bonds. The van der Waals surface area contributed by atoms with Gasteiger partial charge in [-0.25, -0.2) is 10.0 Å². The Morgan fingerprint density at radius 2 is 1.95 bits per heavy atom. The molecule has 0 aliphatic heterocycles. The summed E-state index contributed by atoms with van der Waals surface area (Å²) >= 11 is 13.4. The molecule has 0 saturated carbocycles. The lowest BCUT2D eigenvalue weighted by Gasteiger charge is -2.20. The maximum absolute atomic E-state index is 10.4. The molecular formula is C13H13Cl2N3OS. The fraction of sp³-hybridized carbons (Fsp3) is 0.231. The van der Waals surface area contributed by atoms with Crippen LogP contribution in [-0.2, 0) is 0 Å². The molecule has 0 spiro atoms. The van der Waals surface area contributed by atoms with E-state index in [2.05, 4.69) is 23.8 Å². The molecule has 0 bridgehead atoms. The Hall–Kier alpha value is -1.01. The molecule has 106 valence electrons. The van der Waals surface area contributed by atoms with E-state index in [1.54, 1.807) is 17.8 Å². The van der Waals surface area contributed by atoms with Crippen LogP contribution in [0.4, 0.5) is 11.5 Å². The fourth-order valence-electron chi connectivity index (χ4n) is 1.59. The van der Waals surface area contributed by atoms with Gasteiger partial charge in [-0.2, -0.15) is 4.98 Å². The number of halogens is 2. The summed E-state index contributed by atoms with van der Waals surface area (Å²) in [5.74, 6) is 0.156. The molecule has 1 N–H and O–H groups in total. The van der Waals surface area contributed by atoms with Gasteiger partial charge >= 0.3 is 0 Å². The highest BCUT2D eigenvalue weighted by Gasteiger charge is 2.17. The number of para-hydroxylation sites is 1. The van der Waals surface area contributed by atoms with Gasteiger partial charge in [0.15, 0.2) is 5.82 Å². The summed E-state index contributed by atoms with van der Waals surface area (Å²) in [6.45, 7) is 4.16. The minimum absolute atomic E-state index is 0.0254. The molecule has 0 unspecified atom stereocenters. The summed E-state index contributed by atoms with van der Waals surface area (Å²) in [4.78, 5) is 8.65. The van der Waals surface area contributed by atoms with Gasteiger partial charge in [0.2, 0.25) is 5.28 Å². The highest BCUT2D eigenvalue weighted by Crippen LogP contribution is 2.36. The molecular weight excluding hydrogens is 317 g/mol.